The number of aliphatic hydroxyl groups is 1. The first-order chi connectivity index (χ1) is 12.1. The van der Waals surface area contributed by atoms with E-state index in [9.17, 15) is 9.90 Å². The van der Waals surface area contributed by atoms with Crippen molar-refractivity contribution in [3.05, 3.63) is 36.0 Å². The summed E-state index contributed by atoms with van der Waals surface area (Å²) in [5.41, 5.74) is 1.75. The Hall–Kier alpha value is -2.16. The van der Waals surface area contributed by atoms with Crippen LogP contribution >= 0.6 is 0 Å². The molecule has 1 aliphatic heterocycles. The minimum Gasteiger partial charge on any atom is -0.393 e. The average Bonchev–Trinajstić information content (AvgIpc) is 2.99. The van der Waals surface area contributed by atoms with E-state index in [-0.39, 0.29) is 11.9 Å². The zero-order chi connectivity index (χ0) is 17.8. The van der Waals surface area contributed by atoms with Crippen molar-refractivity contribution in [2.24, 2.45) is 5.92 Å². The highest BCUT2D eigenvalue weighted by atomic mass is 16.3. The number of carbonyl (C=O) groups is 1. The number of nitrogens with zero attached hydrogens (tertiary/aromatic N) is 3. The second kappa shape index (κ2) is 7.81. The van der Waals surface area contributed by atoms with Crippen LogP contribution in [0.25, 0.3) is 10.9 Å². The van der Waals surface area contributed by atoms with Crippen molar-refractivity contribution in [3.63, 3.8) is 0 Å². The maximum atomic E-state index is 12.9. The Balaban J connectivity index is 1.73. The number of aliphatic hydroxyl groups excluding tert-OH is 1. The van der Waals surface area contributed by atoms with E-state index in [2.05, 4.69) is 11.0 Å². The van der Waals surface area contributed by atoms with Gasteiger partial charge in [-0.3, -0.25) is 9.69 Å². The summed E-state index contributed by atoms with van der Waals surface area (Å²) in [4.78, 5) is 15.0. The smallest absolute Gasteiger partial charge is 0.178 e. The first-order valence-corrected chi connectivity index (χ1v) is 8.98. The van der Waals surface area contributed by atoms with Gasteiger partial charge in [-0.05, 0) is 44.8 Å². The number of hydrogen-bond acceptors (Lipinski definition) is 4. The van der Waals surface area contributed by atoms with Gasteiger partial charge in [0.25, 0.3) is 0 Å². The van der Waals surface area contributed by atoms with Crippen LogP contribution in [0.5, 0.6) is 0 Å². The van der Waals surface area contributed by atoms with Crippen molar-refractivity contribution in [2.75, 3.05) is 19.6 Å². The number of nitriles is 1. The zero-order valence-corrected chi connectivity index (χ0v) is 14.7. The summed E-state index contributed by atoms with van der Waals surface area (Å²) in [6.45, 7) is 4.58. The molecule has 1 saturated heterocycles. The Morgan fingerprint density at radius 2 is 2.08 bits per heavy atom. The molecule has 0 amide bonds. The van der Waals surface area contributed by atoms with Crippen molar-refractivity contribution in [1.82, 2.24) is 9.47 Å². The molecule has 1 aromatic carbocycles. The van der Waals surface area contributed by atoms with Gasteiger partial charge in [-0.1, -0.05) is 18.2 Å². The average molecular weight is 339 g/mol. The van der Waals surface area contributed by atoms with E-state index in [0.717, 1.165) is 42.4 Å². The van der Waals surface area contributed by atoms with E-state index < -0.39 is 0 Å². The van der Waals surface area contributed by atoms with Crippen LogP contribution in [0.15, 0.2) is 30.5 Å². The monoisotopic (exact) mass is 339 g/mol. The van der Waals surface area contributed by atoms with Crippen LogP contribution < -0.4 is 0 Å². The Morgan fingerprint density at radius 1 is 1.36 bits per heavy atom. The summed E-state index contributed by atoms with van der Waals surface area (Å²) in [6, 6.07) is 10.0. The molecule has 2 aromatic rings. The number of aromatic nitrogens is 1. The van der Waals surface area contributed by atoms with Gasteiger partial charge < -0.3 is 9.67 Å². The van der Waals surface area contributed by atoms with Crippen LogP contribution in [0.1, 0.15) is 36.5 Å². The molecule has 2 heterocycles. The predicted molar refractivity (Wildman–Crippen MR) is 97.3 cm³/mol. The van der Waals surface area contributed by atoms with Gasteiger partial charge in [0.15, 0.2) is 5.78 Å². The van der Waals surface area contributed by atoms with Crippen molar-refractivity contribution in [1.29, 1.82) is 5.26 Å². The van der Waals surface area contributed by atoms with Crippen molar-refractivity contribution in [3.8, 4) is 6.07 Å². The molecule has 0 bridgehead atoms. The van der Waals surface area contributed by atoms with E-state index in [1.54, 1.807) is 0 Å². The molecule has 0 saturated carbocycles. The first-order valence-electron chi connectivity index (χ1n) is 8.98. The molecule has 5 nitrogen and oxygen atoms in total. The molecule has 0 spiro atoms. The van der Waals surface area contributed by atoms with Gasteiger partial charge in [-0.2, -0.15) is 5.26 Å². The molecule has 25 heavy (non-hydrogen) atoms. The van der Waals surface area contributed by atoms with Gasteiger partial charge in [0.2, 0.25) is 0 Å². The van der Waals surface area contributed by atoms with Crippen molar-refractivity contribution >= 4 is 16.7 Å². The van der Waals surface area contributed by atoms with E-state index in [1.165, 1.54) is 0 Å². The normalized spacial score (nSPS) is 17.5. The SMILES string of the molecule is CC(O)C1CCN(CC(=O)c2cn(CCC#N)c3ccccc23)CC1. The second-order valence-corrected chi connectivity index (χ2v) is 6.94. The highest BCUT2D eigenvalue weighted by Crippen LogP contribution is 2.24. The number of carbonyl (C=O) groups excluding carboxylic acids is 1. The van der Waals surface area contributed by atoms with Crippen LogP contribution in [0.2, 0.25) is 0 Å². The fraction of sp³-hybridized carbons (Fsp3) is 0.500. The quantitative estimate of drug-likeness (QED) is 0.822. The maximum absolute atomic E-state index is 12.9. The number of piperidine rings is 1. The molecule has 1 aliphatic rings. The lowest BCUT2D eigenvalue weighted by Crippen LogP contribution is -2.39. The summed E-state index contributed by atoms with van der Waals surface area (Å²) in [5.74, 6) is 0.474. The number of rotatable bonds is 6. The van der Waals surface area contributed by atoms with Gasteiger partial charge in [0.1, 0.15) is 0 Å². The molecular formula is C20H25N3O2. The Kier molecular flexibility index (Phi) is 5.52. The van der Waals surface area contributed by atoms with Gasteiger partial charge >= 0.3 is 0 Å². The van der Waals surface area contributed by atoms with E-state index in [1.807, 2.05) is 42.0 Å². The summed E-state index contributed by atoms with van der Waals surface area (Å²) in [7, 11) is 0. The Labute approximate surface area is 148 Å². The van der Waals surface area contributed by atoms with Crippen molar-refractivity contribution in [2.45, 2.75) is 38.8 Å². The molecular weight excluding hydrogens is 314 g/mol. The zero-order valence-electron chi connectivity index (χ0n) is 14.7. The van der Waals surface area contributed by atoms with Crippen LogP contribution in [0, 0.1) is 17.2 Å². The summed E-state index contributed by atoms with van der Waals surface area (Å²) < 4.78 is 2.01. The lowest BCUT2D eigenvalue weighted by atomic mass is 9.92. The predicted octanol–water partition coefficient (Wildman–Crippen LogP) is 2.83. The van der Waals surface area contributed by atoms with Crippen LogP contribution in [0.4, 0.5) is 0 Å². The molecule has 0 aliphatic carbocycles. The molecule has 132 valence electrons. The van der Waals surface area contributed by atoms with E-state index in [4.69, 9.17) is 5.26 Å². The third-order valence-electron chi connectivity index (χ3n) is 5.24. The highest BCUT2D eigenvalue weighted by Gasteiger charge is 2.25. The van der Waals surface area contributed by atoms with Gasteiger partial charge in [-0.15, -0.1) is 0 Å². The molecule has 3 rings (SSSR count). The largest absolute Gasteiger partial charge is 0.393 e. The van der Waals surface area contributed by atoms with Crippen LogP contribution in [-0.2, 0) is 6.54 Å². The second-order valence-electron chi connectivity index (χ2n) is 6.94. The van der Waals surface area contributed by atoms with Gasteiger partial charge in [0, 0.05) is 29.2 Å². The lowest BCUT2D eigenvalue weighted by Gasteiger charge is -2.32. The number of ketones is 1. The van der Waals surface area contributed by atoms with E-state index in [0.29, 0.717) is 25.4 Å². The van der Waals surface area contributed by atoms with Crippen LogP contribution in [-0.4, -0.2) is 46.1 Å². The molecule has 1 aromatic heterocycles. The van der Waals surface area contributed by atoms with Crippen LogP contribution in [0.3, 0.4) is 0 Å². The molecule has 1 N–H and O–H groups in total. The number of hydrogen-bond donors (Lipinski definition) is 1. The standard InChI is InChI=1S/C20H25N3O2/c1-15(24)16-7-11-22(12-8-16)14-20(25)18-13-23(10-4-9-21)19-6-3-2-5-17(18)19/h2-3,5-6,13,15-16,24H,4,7-8,10-12,14H2,1H3. The number of likely N-dealkylation sites (tertiary alicyclic amines) is 1. The fourth-order valence-electron chi connectivity index (χ4n) is 3.71. The number of aryl methyl sites for hydroxylation is 1. The maximum Gasteiger partial charge on any atom is 0.178 e. The van der Waals surface area contributed by atoms with Gasteiger partial charge in [-0.25, -0.2) is 0 Å². The highest BCUT2D eigenvalue weighted by molar-refractivity contribution is 6.09. The topological polar surface area (TPSA) is 69.3 Å². The minimum atomic E-state index is -0.268. The Morgan fingerprint density at radius 3 is 2.76 bits per heavy atom. The first kappa shape index (κ1) is 17.7. The summed E-state index contributed by atoms with van der Waals surface area (Å²) in [5, 5.41) is 19.5. The van der Waals surface area contributed by atoms with Crippen molar-refractivity contribution < 1.29 is 9.90 Å². The van der Waals surface area contributed by atoms with E-state index >= 15 is 0 Å². The Bertz CT molecular complexity index is 780. The number of fused-ring (bicyclic) bond motifs is 1. The molecule has 1 fully saturated rings. The third kappa shape index (κ3) is 3.92. The molecule has 5 heteroatoms. The summed E-state index contributed by atoms with van der Waals surface area (Å²) in [6.07, 6.45) is 3.94. The molecule has 1 unspecified atom stereocenters. The number of benzene rings is 1. The summed E-state index contributed by atoms with van der Waals surface area (Å²) >= 11 is 0. The lowest BCUT2D eigenvalue weighted by molar-refractivity contribution is 0.0665. The fourth-order valence-corrected chi connectivity index (χ4v) is 3.71. The van der Waals surface area contributed by atoms with Gasteiger partial charge in [0.05, 0.1) is 25.1 Å². The number of para-hydroxylation sites is 1. The third-order valence-corrected chi connectivity index (χ3v) is 5.24. The molecule has 0 radical (unpaired) electrons. The molecule has 1 atom stereocenters. The minimum absolute atomic E-state index is 0.127. The number of Topliss-reactive ketones (excluding diaryl/α,β-unsaturated/α-hetero) is 1.